The van der Waals surface area contributed by atoms with Gasteiger partial charge in [0.25, 0.3) is 0 Å². The maximum atomic E-state index is 5.96. The lowest BCUT2D eigenvalue weighted by atomic mass is 10.0. The molecule has 0 bridgehead atoms. The minimum absolute atomic E-state index is 0.183. The van der Waals surface area contributed by atoms with Gasteiger partial charge in [0.1, 0.15) is 5.75 Å². The van der Waals surface area contributed by atoms with Gasteiger partial charge in [0.05, 0.1) is 6.10 Å². The summed E-state index contributed by atoms with van der Waals surface area (Å²) >= 11 is 5.96. The van der Waals surface area contributed by atoms with Crippen molar-refractivity contribution in [2.75, 3.05) is 5.88 Å². The van der Waals surface area contributed by atoms with Crippen molar-refractivity contribution in [1.82, 2.24) is 0 Å². The van der Waals surface area contributed by atoms with E-state index < -0.39 is 0 Å². The Labute approximate surface area is 109 Å². The highest BCUT2D eigenvalue weighted by molar-refractivity contribution is 6.19. The Morgan fingerprint density at radius 2 is 1.88 bits per heavy atom. The van der Waals surface area contributed by atoms with Gasteiger partial charge in [0.15, 0.2) is 0 Å². The first-order valence-electron chi connectivity index (χ1n) is 6.06. The molecular formula is C15H21ClO. The SMILES string of the molecule is CC(C)Oc1ccccc1C=C(CCl)C(C)C. The molecule has 0 aromatic heterocycles. The average molecular weight is 253 g/mol. The third kappa shape index (κ3) is 4.43. The van der Waals surface area contributed by atoms with Crippen LogP contribution in [0.5, 0.6) is 5.75 Å². The number of ether oxygens (including phenoxy) is 1. The summed E-state index contributed by atoms with van der Waals surface area (Å²) in [6.45, 7) is 8.37. The Morgan fingerprint density at radius 3 is 2.41 bits per heavy atom. The van der Waals surface area contributed by atoms with Crippen molar-refractivity contribution in [2.24, 2.45) is 5.92 Å². The van der Waals surface area contributed by atoms with Crippen molar-refractivity contribution >= 4 is 17.7 Å². The molecule has 0 unspecified atom stereocenters. The number of halogens is 1. The van der Waals surface area contributed by atoms with E-state index in [1.807, 2.05) is 32.0 Å². The van der Waals surface area contributed by atoms with E-state index in [0.29, 0.717) is 11.8 Å². The number of rotatable bonds is 5. The summed E-state index contributed by atoms with van der Waals surface area (Å²) in [4.78, 5) is 0. The van der Waals surface area contributed by atoms with Gasteiger partial charge in [-0.05, 0) is 25.8 Å². The van der Waals surface area contributed by atoms with Gasteiger partial charge >= 0.3 is 0 Å². The zero-order valence-electron chi connectivity index (χ0n) is 11.0. The molecule has 0 radical (unpaired) electrons. The van der Waals surface area contributed by atoms with Gasteiger partial charge in [-0.25, -0.2) is 0 Å². The fourth-order valence-electron chi connectivity index (χ4n) is 1.52. The van der Waals surface area contributed by atoms with E-state index in [2.05, 4.69) is 26.0 Å². The topological polar surface area (TPSA) is 9.23 Å². The van der Waals surface area contributed by atoms with Gasteiger partial charge < -0.3 is 4.74 Å². The molecule has 1 rings (SSSR count). The van der Waals surface area contributed by atoms with Gasteiger partial charge in [-0.2, -0.15) is 0 Å². The van der Waals surface area contributed by atoms with Crippen LogP contribution in [0.3, 0.4) is 0 Å². The second-order valence-corrected chi connectivity index (χ2v) is 4.98. The fourth-order valence-corrected chi connectivity index (χ4v) is 1.91. The first-order chi connectivity index (χ1) is 8.04. The van der Waals surface area contributed by atoms with Crippen LogP contribution in [0.2, 0.25) is 0 Å². The number of para-hydroxylation sites is 1. The number of hydrogen-bond donors (Lipinski definition) is 0. The van der Waals surface area contributed by atoms with Crippen LogP contribution < -0.4 is 4.74 Å². The molecule has 0 fully saturated rings. The lowest BCUT2D eigenvalue weighted by molar-refractivity contribution is 0.242. The van der Waals surface area contributed by atoms with Crippen LogP contribution in [-0.2, 0) is 0 Å². The van der Waals surface area contributed by atoms with Crippen molar-refractivity contribution in [3.63, 3.8) is 0 Å². The summed E-state index contributed by atoms with van der Waals surface area (Å²) in [5, 5.41) is 0. The van der Waals surface area contributed by atoms with Crippen LogP contribution in [-0.4, -0.2) is 12.0 Å². The number of benzene rings is 1. The highest BCUT2D eigenvalue weighted by Crippen LogP contribution is 2.24. The lowest BCUT2D eigenvalue weighted by Gasteiger charge is -2.14. The summed E-state index contributed by atoms with van der Waals surface area (Å²) < 4.78 is 5.78. The Hall–Kier alpha value is -0.950. The third-order valence-electron chi connectivity index (χ3n) is 2.52. The van der Waals surface area contributed by atoms with E-state index in [0.717, 1.165) is 11.3 Å². The first kappa shape index (κ1) is 14.1. The quantitative estimate of drug-likeness (QED) is 0.687. The minimum atomic E-state index is 0.183. The average Bonchev–Trinajstić information content (AvgIpc) is 2.26. The Bertz CT molecular complexity index is 380. The molecule has 2 heteroatoms. The molecule has 0 aliphatic carbocycles. The molecule has 1 aromatic rings. The first-order valence-corrected chi connectivity index (χ1v) is 6.60. The summed E-state index contributed by atoms with van der Waals surface area (Å²) in [5.74, 6) is 1.94. The predicted molar refractivity (Wildman–Crippen MR) is 75.7 cm³/mol. The van der Waals surface area contributed by atoms with Gasteiger partial charge in [-0.3, -0.25) is 0 Å². The van der Waals surface area contributed by atoms with Crippen molar-refractivity contribution in [2.45, 2.75) is 33.8 Å². The second kappa shape index (κ2) is 6.70. The maximum absolute atomic E-state index is 5.96. The summed E-state index contributed by atoms with van der Waals surface area (Å²) in [5.41, 5.74) is 2.33. The van der Waals surface area contributed by atoms with Gasteiger partial charge in [-0.15, -0.1) is 11.6 Å². The Balaban J connectivity index is 3.04. The van der Waals surface area contributed by atoms with Crippen LogP contribution in [0.4, 0.5) is 0 Å². The number of allylic oxidation sites excluding steroid dienone is 1. The predicted octanol–water partition coefficient (Wildman–Crippen LogP) is 4.75. The molecule has 0 spiro atoms. The van der Waals surface area contributed by atoms with E-state index in [9.17, 15) is 0 Å². The molecule has 1 nitrogen and oxygen atoms in total. The molecule has 0 aliphatic rings. The summed E-state index contributed by atoms with van der Waals surface area (Å²) in [7, 11) is 0. The van der Waals surface area contributed by atoms with Gasteiger partial charge in [0.2, 0.25) is 0 Å². The van der Waals surface area contributed by atoms with Crippen LogP contribution in [0.1, 0.15) is 33.3 Å². The largest absolute Gasteiger partial charge is 0.490 e. The lowest BCUT2D eigenvalue weighted by Crippen LogP contribution is -2.06. The molecule has 0 amide bonds. The molecule has 0 aliphatic heterocycles. The normalized spacial score (nSPS) is 12.3. The highest BCUT2D eigenvalue weighted by Gasteiger charge is 2.06. The maximum Gasteiger partial charge on any atom is 0.126 e. The van der Waals surface area contributed by atoms with Gasteiger partial charge in [0, 0.05) is 11.4 Å². The fraction of sp³-hybridized carbons (Fsp3) is 0.467. The summed E-state index contributed by atoms with van der Waals surface area (Å²) in [6, 6.07) is 8.07. The van der Waals surface area contributed by atoms with E-state index in [1.165, 1.54) is 5.57 Å². The van der Waals surface area contributed by atoms with E-state index in [-0.39, 0.29) is 6.10 Å². The molecule has 1 aromatic carbocycles. The number of alkyl halides is 1. The minimum Gasteiger partial charge on any atom is -0.490 e. The van der Waals surface area contributed by atoms with E-state index in [1.54, 1.807) is 0 Å². The molecule has 0 heterocycles. The standard InChI is InChI=1S/C15H21ClO/c1-11(2)14(10-16)9-13-7-5-6-8-15(13)17-12(3)4/h5-9,11-12H,10H2,1-4H3. The van der Waals surface area contributed by atoms with Crippen LogP contribution in [0.25, 0.3) is 6.08 Å². The van der Waals surface area contributed by atoms with Crippen LogP contribution >= 0.6 is 11.6 Å². The molecule has 0 saturated carbocycles. The van der Waals surface area contributed by atoms with Crippen molar-refractivity contribution in [3.05, 3.63) is 35.4 Å². The van der Waals surface area contributed by atoms with Crippen LogP contribution in [0, 0.1) is 5.92 Å². The van der Waals surface area contributed by atoms with Gasteiger partial charge in [-0.1, -0.05) is 43.7 Å². The zero-order chi connectivity index (χ0) is 12.8. The molecule has 0 atom stereocenters. The number of hydrogen-bond acceptors (Lipinski definition) is 1. The van der Waals surface area contributed by atoms with Crippen LogP contribution in [0.15, 0.2) is 29.8 Å². The monoisotopic (exact) mass is 252 g/mol. The molecule has 0 N–H and O–H groups in total. The Kier molecular flexibility index (Phi) is 5.57. The summed E-state index contributed by atoms with van der Waals surface area (Å²) in [6.07, 6.45) is 2.32. The molecular weight excluding hydrogens is 232 g/mol. The highest BCUT2D eigenvalue weighted by atomic mass is 35.5. The van der Waals surface area contributed by atoms with Crippen molar-refractivity contribution < 1.29 is 4.74 Å². The molecule has 0 saturated heterocycles. The second-order valence-electron chi connectivity index (χ2n) is 4.71. The molecule has 17 heavy (non-hydrogen) atoms. The van der Waals surface area contributed by atoms with E-state index >= 15 is 0 Å². The Morgan fingerprint density at radius 1 is 1.24 bits per heavy atom. The third-order valence-corrected chi connectivity index (χ3v) is 2.83. The smallest absolute Gasteiger partial charge is 0.126 e. The van der Waals surface area contributed by atoms with Crippen molar-refractivity contribution in [1.29, 1.82) is 0 Å². The van der Waals surface area contributed by atoms with E-state index in [4.69, 9.17) is 16.3 Å². The molecule has 94 valence electrons. The van der Waals surface area contributed by atoms with Crippen molar-refractivity contribution in [3.8, 4) is 5.75 Å². The zero-order valence-corrected chi connectivity index (χ0v) is 11.8.